The van der Waals surface area contributed by atoms with Gasteiger partial charge in [-0.3, -0.25) is 4.98 Å². The molecule has 0 bridgehead atoms. The second-order valence-corrected chi connectivity index (χ2v) is 5.36. The molecular weight excluding hydrogens is 248 g/mol. The maximum atomic E-state index is 4.78. The zero-order valence-electron chi connectivity index (χ0n) is 11.8. The molecule has 0 amide bonds. The van der Waals surface area contributed by atoms with Crippen LogP contribution in [0.25, 0.3) is 0 Å². The number of pyridine rings is 1. The van der Waals surface area contributed by atoms with Crippen molar-refractivity contribution in [2.45, 2.75) is 38.0 Å². The Morgan fingerprint density at radius 1 is 1.25 bits per heavy atom. The van der Waals surface area contributed by atoms with Gasteiger partial charge >= 0.3 is 0 Å². The van der Waals surface area contributed by atoms with E-state index in [0.29, 0.717) is 5.92 Å². The molecule has 0 spiro atoms. The third kappa shape index (κ3) is 2.95. The molecule has 4 nitrogen and oxygen atoms in total. The molecule has 1 N–H and O–H groups in total. The van der Waals surface area contributed by atoms with E-state index in [0.717, 1.165) is 23.6 Å². The molecular formula is C16H20N4. The first-order valence-corrected chi connectivity index (χ1v) is 7.29. The van der Waals surface area contributed by atoms with Crippen molar-refractivity contribution in [1.82, 2.24) is 15.0 Å². The number of anilines is 1. The molecule has 1 aliphatic carbocycles. The Hall–Kier alpha value is -1.97. The van der Waals surface area contributed by atoms with Crippen LogP contribution < -0.4 is 5.32 Å². The molecule has 0 radical (unpaired) electrons. The lowest BCUT2D eigenvalue weighted by molar-refractivity contribution is 0.686. The highest BCUT2D eigenvalue weighted by atomic mass is 15.0. The molecule has 0 unspecified atom stereocenters. The van der Waals surface area contributed by atoms with E-state index in [-0.39, 0.29) is 0 Å². The maximum Gasteiger partial charge on any atom is 0.135 e. The summed E-state index contributed by atoms with van der Waals surface area (Å²) in [6.45, 7) is 0. The van der Waals surface area contributed by atoms with Gasteiger partial charge in [0.15, 0.2) is 0 Å². The van der Waals surface area contributed by atoms with Crippen molar-refractivity contribution >= 4 is 5.82 Å². The molecule has 4 heteroatoms. The van der Waals surface area contributed by atoms with E-state index in [1.807, 2.05) is 19.3 Å². The van der Waals surface area contributed by atoms with Gasteiger partial charge in [-0.15, -0.1) is 0 Å². The van der Waals surface area contributed by atoms with Crippen LogP contribution in [0.4, 0.5) is 5.82 Å². The Morgan fingerprint density at radius 3 is 2.80 bits per heavy atom. The summed E-state index contributed by atoms with van der Waals surface area (Å²) in [5, 5.41) is 3.15. The molecule has 0 aromatic carbocycles. The van der Waals surface area contributed by atoms with E-state index in [2.05, 4.69) is 27.4 Å². The minimum atomic E-state index is 0.609. The number of hydrogen-bond donors (Lipinski definition) is 1. The number of nitrogens with one attached hydrogen (secondary N) is 1. The molecule has 0 aliphatic heterocycles. The molecule has 1 fully saturated rings. The van der Waals surface area contributed by atoms with Gasteiger partial charge in [-0.05, 0) is 24.5 Å². The van der Waals surface area contributed by atoms with E-state index >= 15 is 0 Å². The predicted octanol–water partition coefficient (Wildman–Crippen LogP) is 3.16. The van der Waals surface area contributed by atoms with Gasteiger partial charge < -0.3 is 5.32 Å². The first-order chi connectivity index (χ1) is 9.85. The molecule has 0 saturated heterocycles. The van der Waals surface area contributed by atoms with Crippen LogP contribution in [-0.2, 0) is 6.42 Å². The lowest BCUT2D eigenvalue weighted by Gasteiger charge is -2.12. The number of hydrogen-bond acceptors (Lipinski definition) is 4. The Bertz CT molecular complexity index is 562. The van der Waals surface area contributed by atoms with Gasteiger partial charge in [-0.2, -0.15) is 0 Å². The summed E-state index contributed by atoms with van der Waals surface area (Å²) < 4.78 is 0. The van der Waals surface area contributed by atoms with Crippen molar-refractivity contribution in [3.05, 3.63) is 47.7 Å². The van der Waals surface area contributed by atoms with Crippen LogP contribution in [-0.4, -0.2) is 22.0 Å². The minimum Gasteiger partial charge on any atom is -0.373 e. The Kier molecular flexibility index (Phi) is 3.90. The average molecular weight is 268 g/mol. The van der Waals surface area contributed by atoms with Crippen molar-refractivity contribution in [2.75, 3.05) is 12.4 Å². The zero-order valence-corrected chi connectivity index (χ0v) is 11.8. The molecule has 3 rings (SSSR count). The predicted molar refractivity (Wildman–Crippen MR) is 79.8 cm³/mol. The summed E-state index contributed by atoms with van der Waals surface area (Å²) in [6, 6.07) is 6.12. The summed E-state index contributed by atoms with van der Waals surface area (Å²) in [5.41, 5.74) is 2.35. The fourth-order valence-corrected chi connectivity index (χ4v) is 2.84. The number of nitrogens with zero attached hydrogens (tertiary/aromatic N) is 3. The van der Waals surface area contributed by atoms with Gasteiger partial charge in [0.2, 0.25) is 0 Å². The second kappa shape index (κ2) is 5.99. The zero-order chi connectivity index (χ0) is 13.8. The summed E-state index contributed by atoms with van der Waals surface area (Å²) in [4.78, 5) is 13.5. The Balaban J connectivity index is 1.87. The van der Waals surface area contributed by atoms with Crippen molar-refractivity contribution < 1.29 is 0 Å². The van der Waals surface area contributed by atoms with Crippen molar-refractivity contribution in [3.8, 4) is 0 Å². The normalized spacial score (nSPS) is 15.4. The van der Waals surface area contributed by atoms with Crippen molar-refractivity contribution in [3.63, 3.8) is 0 Å². The molecule has 2 heterocycles. The summed E-state index contributed by atoms with van der Waals surface area (Å²) in [7, 11) is 1.91. The summed E-state index contributed by atoms with van der Waals surface area (Å²) in [5.74, 6) is 2.41. The van der Waals surface area contributed by atoms with Gasteiger partial charge in [-0.1, -0.05) is 18.9 Å². The SMILES string of the molecule is CNc1cc(C2CCCC2)nc(Cc2cccnc2)n1. The van der Waals surface area contributed by atoms with E-state index in [1.165, 1.54) is 31.4 Å². The molecule has 1 aliphatic rings. The van der Waals surface area contributed by atoms with Crippen molar-refractivity contribution in [1.29, 1.82) is 0 Å². The van der Waals surface area contributed by atoms with Crippen LogP contribution in [0.2, 0.25) is 0 Å². The third-order valence-electron chi connectivity index (χ3n) is 3.91. The summed E-state index contributed by atoms with van der Waals surface area (Å²) in [6.07, 6.45) is 9.56. The van der Waals surface area contributed by atoms with E-state index in [4.69, 9.17) is 4.98 Å². The lowest BCUT2D eigenvalue weighted by Crippen LogP contribution is -2.06. The maximum absolute atomic E-state index is 4.78. The van der Waals surface area contributed by atoms with Gasteiger partial charge in [-0.25, -0.2) is 9.97 Å². The highest BCUT2D eigenvalue weighted by Crippen LogP contribution is 2.33. The number of rotatable bonds is 4. The third-order valence-corrected chi connectivity index (χ3v) is 3.91. The van der Waals surface area contributed by atoms with Gasteiger partial charge in [0.05, 0.1) is 0 Å². The topological polar surface area (TPSA) is 50.7 Å². The van der Waals surface area contributed by atoms with Crippen LogP contribution >= 0.6 is 0 Å². The van der Waals surface area contributed by atoms with Crippen LogP contribution in [0, 0.1) is 0 Å². The van der Waals surface area contributed by atoms with Gasteiger partial charge in [0.1, 0.15) is 11.6 Å². The number of aromatic nitrogens is 3. The smallest absolute Gasteiger partial charge is 0.135 e. The van der Waals surface area contributed by atoms with E-state index in [1.54, 1.807) is 6.20 Å². The van der Waals surface area contributed by atoms with Crippen molar-refractivity contribution in [2.24, 2.45) is 0 Å². The molecule has 1 saturated carbocycles. The minimum absolute atomic E-state index is 0.609. The van der Waals surface area contributed by atoms with E-state index in [9.17, 15) is 0 Å². The molecule has 2 aromatic heterocycles. The monoisotopic (exact) mass is 268 g/mol. The van der Waals surface area contributed by atoms with Gasteiger partial charge in [0.25, 0.3) is 0 Å². The Labute approximate surface area is 119 Å². The Morgan fingerprint density at radius 2 is 2.10 bits per heavy atom. The highest BCUT2D eigenvalue weighted by Gasteiger charge is 2.19. The van der Waals surface area contributed by atoms with E-state index < -0.39 is 0 Å². The van der Waals surface area contributed by atoms with Crippen LogP contribution in [0.5, 0.6) is 0 Å². The standard InChI is InChI=1S/C16H20N4/c1-17-15-10-14(13-6-2-3-7-13)19-16(20-15)9-12-5-4-8-18-11-12/h4-5,8,10-11,13H,2-3,6-7,9H2,1H3,(H,17,19,20). The first kappa shape index (κ1) is 13.0. The molecule has 104 valence electrons. The quantitative estimate of drug-likeness (QED) is 0.925. The summed E-state index contributed by atoms with van der Waals surface area (Å²) >= 11 is 0. The fourth-order valence-electron chi connectivity index (χ4n) is 2.84. The van der Waals surface area contributed by atoms with Crippen LogP contribution in [0.15, 0.2) is 30.6 Å². The molecule has 0 atom stereocenters. The van der Waals surface area contributed by atoms with Crippen LogP contribution in [0.1, 0.15) is 48.7 Å². The highest BCUT2D eigenvalue weighted by molar-refractivity contribution is 5.37. The van der Waals surface area contributed by atoms with Crippen LogP contribution in [0.3, 0.4) is 0 Å². The second-order valence-electron chi connectivity index (χ2n) is 5.36. The fraction of sp³-hybridized carbons (Fsp3) is 0.438. The lowest BCUT2D eigenvalue weighted by atomic mass is 10.0. The first-order valence-electron chi connectivity index (χ1n) is 7.29. The largest absolute Gasteiger partial charge is 0.373 e. The molecule has 20 heavy (non-hydrogen) atoms. The average Bonchev–Trinajstić information content (AvgIpc) is 3.02. The molecule has 2 aromatic rings. The van der Waals surface area contributed by atoms with Gasteiger partial charge in [0, 0.05) is 43.5 Å².